The first-order valence-corrected chi connectivity index (χ1v) is 6.68. The van der Waals surface area contributed by atoms with Crippen LogP contribution in [0.4, 0.5) is 0 Å². The topological polar surface area (TPSA) is 57.5 Å². The van der Waals surface area contributed by atoms with Gasteiger partial charge in [-0.05, 0) is 30.7 Å². The summed E-state index contributed by atoms with van der Waals surface area (Å²) in [5.74, 6) is 0.134. The normalized spacial score (nSPS) is 9.05. The predicted molar refractivity (Wildman–Crippen MR) is 80.0 cm³/mol. The number of aromatic hydroxyl groups is 1. The van der Waals surface area contributed by atoms with E-state index < -0.39 is 0 Å². The van der Waals surface area contributed by atoms with E-state index in [9.17, 15) is 4.79 Å². The maximum Gasteiger partial charge on any atom is 0.193 e. The summed E-state index contributed by atoms with van der Waals surface area (Å²) in [6, 6.07) is 15.3. The Bertz CT molecular complexity index is 507. The average molecular weight is 320 g/mol. The molecule has 0 unspecified atom stereocenters. The van der Waals surface area contributed by atoms with Crippen molar-refractivity contribution in [3.8, 4) is 5.75 Å². The van der Waals surface area contributed by atoms with Crippen LogP contribution >= 0.6 is 0 Å². The van der Waals surface area contributed by atoms with Gasteiger partial charge in [0.1, 0.15) is 5.75 Å². The molecule has 21 heavy (non-hydrogen) atoms. The molecule has 0 aliphatic rings. The smallest absolute Gasteiger partial charge is 0.193 e. The van der Waals surface area contributed by atoms with Crippen molar-refractivity contribution < 1.29 is 36.7 Å². The molecular weight excluding hydrogens is 300 g/mol. The Labute approximate surface area is 140 Å². The SMILES string of the molecule is CCCCO.O=C(c1ccccc1)c1ccc(O)cc1.[Ti]. The van der Waals surface area contributed by atoms with E-state index in [1.165, 1.54) is 12.1 Å². The molecule has 2 aromatic carbocycles. The summed E-state index contributed by atoms with van der Waals surface area (Å²) in [5, 5.41) is 17.2. The third-order valence-electron chi connectivity index (χ3n) is 2.68. The number of benzene rings is 2. The minimum absolute atomic E-state index is 0. The van der Waals surface area contributed by atoms with Gasteiger partial charge in [-0.1, -0.05) is 43.7 Å². The Hall–Kier alpha value is -1.42. The van der Waals surface area contributed by atoms with Crippen LogP contribution in [-0.4, -0.2) is 22.6 Å². The van der Waals surface area contributed by atoms with Gasteiger partial charge in [-0.2, -0.15) is 0 Å². The van der Waals surface area contributed by atoms with Gasteiger partial charge in [0.25, 0.3) is 0 Å². The second kappa shape index (κ2) is 11.3. The number of aliphatic hydroxyl groups is 1. The molecule has 2 N–H and O–H groups in total. The van der Waals surface area contributed by atoms with Gasteiger partial charge in [0.05, 0.1) is 0 Å². The van der Waals surface area contributed by atoms with Gasteiger partial charge < -0.3 is 10.2 Å². The van der Waals surface area contributed by atoms with Gasteiger partial charge in [0, 0.05) is 39.5 Å². The van der Waals surface area contributed by atoms with Gasteiger partial charge in [-0.15, -0.1) is 0 Å². The second-order valence-corrected chi connectivity index (χ2v) is 4.32. The molecule has 0 spiro atoms. The van der Waals surface area contributed by atoms with Gasteiger partial charge in [0.2, 0.25) is 0 Å². The molecule has 0 fully saturated rings. The number of aliphatic hydroxyl groups excluding tert-OH is 1. The summed E-state index contributed by atoms with van der Waals surface area (Å²) in [7, 11) is 0. The number of carbonyl (C=O) groups is 1. The number of carbonyl (C=O) groups excluding carboxylic acids is 1. The summed E-state index contributed by atoms with van der Waals surface area (Å²) in [6.45, 7) is 2.40. The van der Waals surface area contributed by atoms with Crippen LogP contribution in [0.25, 0.3) is 0 Å². The first-order chi connectivity index (χ1) is 9.69. The average Bonchev–Trinajstić information content (AvgIpc) is 2.50. The van der Waals surface area contributed by atoms with Crippen LogP contribution in [-0.2, 0) is 21.7 Å². The molecule has 0 aliphatic carbocycles. The number of phenolic OH excluding ortho intramolecular Hbond substituents is 1. The zero-order valence-corrected chi connectivity index (χ0v) is 13.7. The molecule has 0 atom stereocenters. The van der Waals surface area contributed by atoms with Crippen LogP contribution in [0.1, 0.15) is 35.7 Å². The number of hydrogen-bond acceptors (Lipinski definition) is 3. The van der Waals surface area contributed by atoms with E-state index >= 15 is 0 Å². The van der Waals surface area contributed by atoms with E-state index in [1.807, 2.05) is 18.2 Å². The Morgan fingerprint density at radius 1 is 0.952 bits per heavy atom. The molecule has 110 valence electrons. The molecule has 0 bridgehead atoms. The Morgan fingerprint density at radius 3 is 1.90 bits per heavy atom. The van der Waals surface area contributed by atoms with Gasteiger partial charge in [-0.3, -0.25) is 4.79 Å². The van der Waals surface area contributed by atoms with E-state index in [2.05, 4.69) is 6.92 Å². The number of ketones is 1. The summed E-state index contributed by atoms with van der Waals surface area (Å²) >= 11 is 0. The van der Waals surface area contributed by atoms with Crippen molar-refractivity contribution in [2.45, 2.75) is 19.8 Å². The van der Waals surface area contributed by atoms with Crippen LogP contribution in [0.15, 0.2) is 54.6 Å². The fourth-order valence-corrected chi connectivity index (χ4v) is 1.53. The van der Waals surface area contributed by atoms with Crippen molar-refractivity contribution in [3.05, 3.63) is 65.7 Å². The van der Waals surface area contributed by atoms with Crippen molar-refractivity contribution in [1.82, 2.24) is 0 Å². The van der Waals surface area contributed by atoms with Crippen LogP contribution in [0.3, 0.4) is 0 Å². The number of unbranched alkanes of at least 4 members (excludes halogenated alkanes) is 1. The molecule has 0 saturated heterocycles. The standard InChI is InChI=1S/C13H10O2.C4H10O.Ti/c14-12-8-6-11(7-9-12)13(15)10-4-2-1-3-5-10;1-2-3-4-5;/h1-9,14H;5H,2-4H2,1H3;. The molecule has 0 radical (unpaired) electrons. The summed E-state index contributed by atoms with van der Waals surface area (Å²) < 4.78 is 0. The van der Waals surface area contributed by atoms with Crippen molar-refractivity contribution in [1.29, 1.82) is 0 Å². The Balaban J connectivity index is 0.000000583. The fourth-order valence-electron chi connectivity index (χ4n) is 1.53. The maximum absolute atomic E-state index is 11.9. The van der Waals surface area contributed by atoms with Crippen molar-refractivity contribution in [2.24, 2.45) is 0 Å². The van der Waals surface area contributed by atoms with Crippen molar-refractivity contribution in [3.63, 3.8) is 0 Å². The molecule has 0 amide bonds. The van der Waals surface area contributed by atoms with Crippen LogP contribution in [0.2, 0.25) is 0 Å². The van der Waals surface area contributed by atoms with Gasteiger partial charge >= 0.3 is 0 Å². The third-order valence-corrected chi connectivity index (χ3v) is 2.68. The molecule has 0 aromatic heterocycles. The Kier molecular flexibility index (Phi) is 10.5. The van der Waals surface area contributed by atoms with E-state index in [0.717, 1.165) is 12.8 Å². The second-order valence-electron chi connectivity index (χ2n) is 4.32. The minimum Gasteiger partial charge on any atom is -0.508 e. The van der Waals surface area contributed by atoms with E-state index in [1.54, 1.807) is 24.3 Å². The molecule has 0 heterocycles. The summed E-state index contributed by atoms with van der Waals surface area (Å²) in [5.41, 5.74) is 1.24. The van der Waals surface area contributed by atoms with E-state index in [0.29, 0.717) is 17.7 Å². The first-order valence-electron chi connectivity index (χ1n) is 6.68. The molecule has 3 nitrogen and oxygen atoms in total. The molecular formula is C17H20O3Ti. The quantitative estimate of drug-likeness (QED) is 0.670. The Morgan fingerprint density at radius 2 is 1.48 bits per heavy atom. The maximum atomic E-state index is 11.9. The zero-order chi connectivity index (χ0) is 14.8. The molecule has 2 rings (SSSR count). The van der Waals surface area contributed by atoms with Crippen molar-refractivity contribution in [2.75, 3.05) is 6.61 Å². The monoisotopic (exact) mass is 320 g/mol. The molecule has 4 heteroatoms. The van der Waals surface area contributed by atoms with Crippen LogP contribution in [0, 0.1) is 0 Å². The summed E-state index contributed by atoms with van der Waals surface area (Å²) in [6.07, 6.45) is 2.04. The van der Waals surface area contributed by atoms with E-state index in [4.69, 9.17) is 10.2 Å². The third kappa shape index (κ3) is 7.23. The summed E-state index contributed by atoms with van der Waals surface area (Å²) in [4.78, 5) is 11.9. The van der Waals surface area contributed by atoms with Crippen molar-refractivity contribution >= 4 is 5.78 Å². The molecule has 0 saturated carbocycles. The number of phenols is 1. The molecule has 0 aliphatic heterocycles. The minimum atomic E-state index is -0.0319. The largest absolute Gasteiger partial charge is 0.508 e. The van der Waals surface area contributed by atoms with E-state index in [-0.39, 0.29) is 33.3 Å². The first kappa shape index (κ1) is 19.6. The molecule has 2 aromatic rings. The van der Waals surface area contributed by atoms with Gasteiger partial charge in [0.15, 0.2) is 5.78 Å². The zero-order valence-electron chi connectivity index (χ0n) is 12.1. The predicted octanol–water partition coefficient (Wildman–Crippen LogP) is 3.40. The van der Waals surface area contributed by atoms with Gasteiger partial charge in [-0.25, -0.2) is 0 Å². The fraction of sp³-hybridized carbons (Fsp3) is 0.235. The number of hydrogen-bond donors (Lipinski definition) is 2. The van der Waals surface area contributed by atoms with Crippen LogP contribution in [0.5, 0.6) is 5.75 Å². The van der Waals surface area contributed by atoms with Crippen LogP contribution < -0.4 is 0 Å². The number of rotatable bonds is 4.